The molecule has 0 bridgehead atoms. The van der Waals surface area contributed by atoms with E-state index < -0.39 is 26.9 Å². The molecular weight excluding hydrogens is 406 g/mol. The van der Waals surface area contributed by atoms with Crippen LogP contribution in [0.25, 0.3) is 0 Å². The van der Waals surface area contributed by atoms with Crippen LogP contribution in [0, 0.1) is 10.1 Å². The molecule has 2 N–H and O–H groups in total. The van der Waals surface area contributed by atoms with Gasteiger partial charge < -0.3 is 5.32 Å². The molecule has 158 valence electrons. The Kier molecular flexibility index (Phi) is 7.00. The molecule has 1 aromatic rings. The first-order chi connectivity index (χ1) is 13.5. The Labute approximate surface area is 167 Å². The molecule has 0 spiro atoms. The summed E-state index contributed by atoms with van der Waals surface area (Å²) in [5.41, 5.74) is -0.212. The van der Waals surface area contributed by atoms with Gasteiger partial charge in [0, 0.05) is 52.3 Å². The molecule has 0 aliphatic carbocycles. The van der Waals surface area contributed by atoms with Crippen molar-refractivity contribution in [3.63, 3.8) is 0 Å². The molecule has 0 fully saturated rings. The van der Waals surface area contributed by atoms with E-state index in [2.05, 4.69) is 10.0 Å². The predicted molar refractivity (Wildman–Crippen MR) is 101 cm³/mol. The van der Waals surface area contributed by atoms with Crippen molar-refractivity contribution in [2.24, 2.45) is 0 Å². The Balaban J connectivity index is 1.79. The zero-order chi connectivity index (χ0) is 21.8. The number of amides is 3. The van der Waals surface area contributed by atoms with Crippen molar-refractivity contribution in [2.45, 2.75) is 12.8 Å². The molecule has 1 heterocycles. The number of hydrogen-bond acceptors (Lipinski definition) is 7. The van der Waals surface area contributed by atoms with Crippen LogP contribution in [-0.2, 0) is 15.0 Å². The fourth-order valence-corrected chi connectivity index (χ4v) is 3.21. The van der Waals surface area contributed by atoms with Crippen LogP contribution in [0.5, 0.6) is 0 Å². The van der Waals surface area contributed by atoms with Gasteiger partial charge in [0.2, 0.25) is 5.91 Å². The normalized spacial score (nSPS) is 13.7. The zero-order valence-corrected chi connectivity index (χ0v) is 16.7. The predicted octanol–water partition coefficient (Wildman–Crippen LogP) is -0.517. The van der Waals surface area contributed by atoms with E-state index in [9.17, 15) is 32.9 Å². The number of fused-ring (bicyclic) bond motifs is 1. The second-order valence-electron chi connectivity index (χ2n) is 6.38. The minimum absolute atomic E-state index is 0.0131. The van der Waals surface area contributed by atoms with Gasteiger partial charge in [-0.15, -0.1) is 0 Å². The minimum atomic E-state index is -3.56. The van der Waals surface area contributed by atoms with Crippen molar-refractivity contribution in [2.75, 3.05) is 33.7 Å². The van der Waals surface area contributed by atoms with Crippen molar-refractivity contribution < 1.29 is 27.7 Å². The van der Waals surface area contributed by atoms with Gasteiger partial charge in [-0.25, -0.2) is 4.72 Å². The summed E-state index contributed by atoms with van der Waals surface area (Å²) in [5, 5.41) is 13.4. The first-order valence-electron chi connectivity index (χ1n) is 8.63. The molecule has 29 heavy (non-hydrogen) atoms. The van der Waals surface area contributed by atoms with E-state index in [1.807, 2.05) is 0 Å². The summed E-state index contributed by atoms with van der Waals surface area (Å²) >= 11 is 0. The van der Waals surface area contributed by atoms with Crippen LogP contribution >= 0.6 is 0 Å². The summed E-state index contributed by atoms with van der Waals surface area (Å²) in [6.45, 7) is 0.0901. The van der Waals surface area contributed by atoms with Crippen LogP contribution in [0.15, 0.2) is 18.2 Å². The lowest BCUT2D eigenvalue weighted by Gasteiger charge is -2.14. The topological polar surface area (TPSA) is 159 Å². The van der Waals surface area contributed by atoms with Gasteiger partial charge >= 0.3 is 0 Å². The van der Waals surface area contributed by atoms with Gasteiger partial charge in [0.25, 0.3) is 27.7 Å². The number of hydrogen-bond donors (Lipinski definition) is 2. The summed E-state index contributed by atoms with van der Waals surface area (Å²) in [6, 6.07) is 3.47. The summed E-state index contributed by atoms with van der Waals surface area (Å²) in [6.07, 6.45) is 0.219. The maximum atomic E-state index is 12.3. The van der Waals surface area contributed by atoms with Crippen LogP contribution < -0.4 is 10.0 Å². The van der Waals surface area contributed by atoms with Crippen LogP contribution in [0.1, 0.15) is 33.6 Å². The Morgan fingerprint density at radius 2 is 1.83 bits per heavy atom. The summed E-state index contributed by atoms with van der Waals surface area (Å²) < 4.78 is 26.3. The van der Waals surface area contributed by atoms with Crippen molar-refractivity contribution >= 4 is 33.6 Å². The highest BCUT2D eigenvalue weighted by atomic mass is 32.2. The largest absolute Gasteiger partial charge is 0.355 e. The summed E-state index contributed by atoms with van der Waals surface area (Å²) in [5.74, 6) is -1.55. The van der Waals surface area contributed by atoms with Crippen molar-refractivity contribution in [1.29, 1.82) is 0 Å². The first-order valence-corrected chi connectivity index (χ1v) is 10.1. The van der Waals surface area contributed by atoms with E-state index in [0.29, 0.717) is 0 Å². The number of imide groups is 1. The molecule has 0 unspecified atom stereocenters. The van der Waals surface area contributed by atoms with Crippen LogP contribution in [0.2, 0.25) is 0 Å². The van der Waals surface area contributed by atoms with E-state index in [1.165, 1.54) is 20.2 Å². The monoisotopic (exact) mass is 427 g/mol. The lowest BCUT2D eigenvalue weighted by Crippen LogP contribution is -2.40. The number of nitrogens with one attached hydrogen (secondary N) is 2. The SMILES string of the molecule is CN(C)S(=O)(=O)NCCNC(=O)CCCN1C(=O)c2ccc([N+](=O)[O-])cc2C1=O. The molecule has 1 aliphatic heterocycles. The third-order valence-corrected chi connectivity index (χ3v) is 5.69. The van der Waals surface area contributed by atoms with Gasteiger partial charge in [-0.05, 0) is 12.5 Å². The number of rotatable bonds is 10. The molecule has 0 aromatic heterocycles. The van der Waals surface area contributed by atoms with Crippen LogP contribution in [0.3, 0.4) is 0 Å². The molecule has 1 aliphatic rings. The van der Waals surface area contributed by atoms with E-state index >= 15 is 0 Å². The lowest BCUT2D eigenvalue weighted by molar-refractivity contribution is -0.384. The van der Waals surface area contributed by atoms with Gasteiger partial charge in [-0.3, -0.25) is 29.4 Å². The highest BCUT2D eigenvalue weighted by Gasteiger charge is 2.36. The number of benzene rings is 1. The summed E-state index contributed by atoms with van der Waals surface area (Å²) in [7, 11) is -0.816. The molecule has 2 rings (SSSR count). The van der Waals surface area contributed by atoms with E-state index in [1.54, 1.807) is 0 Å². The second-order valence-corrected chi connectivity index (χ2v) is 8.35. The fraction of sp³-hybridized carbons (Fsp3) is 0.438. The Morgan fingerprint density at radius 1 is 1.17 bits per heavy atom. The van der Waals surface area contributed by atoms with Crippen molar-refractivity contribution in [3.8, 4) is 0 Å². The lowest BCUT2D eigenvalue weighted by atomic mass is 10.1. The number of nitro groups is 1. The molecule has 3 amide bonds. The Hall–Kier alpha value is -2.90. The minimum Gasteiger partial charge on any atom is -0.355 e. The maximum absolute atomic E-state index is 12.3. The number of nitro benzene ring substituents is 1. The second kappa shape index (κ2) is 9.07. The highest BCUT2D eigenvalue weighted by Crippen LogP contribution is 2.26. The first kappa shape index (κ1) is 22.4. The van der Waals surface area contributed by atoms with Crippen molar-refractivity contribution in [1.82, 2.24) is 19.2 Å². The van der Waals surface area contributed by atoms with E-state index in [-0.39, 0.29) is 55.2 Å². The molecule has 1 aromatic carbocycles. The molecule has 0 saturated heterocycles. The standard InChI is InChI=1S/C16H21N5O7S/c1-19(2)29(27,28)18-8-7-17-14(22)4-3-9-20-15(23)12-6-5-11(21(25)26)10-13(12)16(20)24/h5-6,10,18H,3-4,7-9H2,1-2H3,(H,17,22). The summed E-state index contributed by atoms with van der Waals surface area (Å²) in [4.78, 5) is 47.6. The third-order valence-electron chi connectivity index (χ3n) is 4.16. The van der Waals surface area contributed by atoms with Gasteiger partial charge in [0.1, 0.15) is 0 Å². The van der Waals surface area contributed by atoms with Crippen LogP contribution in [0.4, 0.5) is 5.69 Å². The average Bonchev–Trinajstić information content (AvgIpc) is 2.89. The quantitative estimate of drug-likeness (QED) is 0.220. The van der Waals surface area contributed by atoms with Gasteiger partial charge in [-0.2, -0.15) is 12.7 Å². The van der Waals surface area contributed by atoms with Crippen molar-refractivity contribution in [3.05, 3.63) is 39.4 Å². The van der Waals surface area contributed by atoms with E-state index in [4.69, 9.17) is 0 Å². The van der Waals surface area contributed by atoms with Gasteiger partial charge in [0.15, 0.2) is 0 Å². The van der Waals surface area contributed by atoms with E-state index in [0.717, 1.165) is 21.3 Å². The molecular formula is C16H21N5O7S. The Morgan fingerprint density at radius 3 is 2.45 bits per heavy atom. The molecule has 0 atom stereocenters. The molecule has 0 saturated carbocycles. The van der Waals surface area contributed by atoms with Gasteiger partial charge in [0.05, 0.1) is 16.1 Å². The maximum Gasteiger partial charge on any atom is 0.278 e. The number of carbonyl (C=O) groups excluding carboxylic acids is 3. The zero-order valence-electron chi connectivity index (χ0n) is 15.9. The highest BCUT2D eigenvalue weighted by molar-refractivity contribution is 7.87. The fourth-order valence-electron chi connectivity index (χ4n) is 2.59. The third kappa shape index (κ3) is 5.34. The number of carbonyl (C=O) groups is 3. The Bertz CT molecular complexity index is 945. The average molecular weight is 427 g/mol. The molecule has 12 nitrogen and oxygen atoms in total. The molecule has 13 heteroatoms. The molecule has 0 radical (unpaired) electrons. The van der Waals surface area contributed by atoms with Gasteiger partial charge in [-0.1, -0.05) is 0 Å². The smallest absolute Gasteiger partial charge is 0.278 e. The number of non-ortho nitro benzene ring substituents is 1. The number of nitrogens with zero attached hydrogens (tertiary/aromatic N) is 3. The van der Waals surface area contributed by atoms with Crippen LogP contribution in [-0.4, -0.2) is 74.0 Å².